The van der Waals surface area contributed by atoms with Crippen LogP contribution in [0.2, 0.25) is 10.0 Å². The number of halogens is 2. The smallest absolute Gasteiger partial charge is 0.399 e. The van der Waals surface area contributed by atoms with Crippen molar-refractivity contribution in [3.05, 3.63) is 27.7 Å². The SMILES string of the molecule is Cc1cc(Cl)c(B2OC(C)(C)C(C)(C)O2)c(Cl)c1. The molecule has 0 saturated carbocycles. The van der Waals surface area contributed by atoms with Crippen molar-refractivity contribution in [2.24, 2.45) is 0 Å². The van der Waals surface area contributed by atoms with Crippen molar-refractivity contribution < 1.29 is 9.31 Å². The highest BCUT2D eigenvalue weighted by molar-refractivity contribution is 6.69. The highest BCUT2D eigenvalue weighted by atomic mass is 35.5. The van der Waals surface area contributed by atoms with E-state index in [4.69, 9.17) is 32.5 Å². The van der Waals surface area contributed by atoms with E-state index in [2.05, 4.69) is 0 Å². The first-order chi connectivity index (χ1) is 8.14. The minimum Gasteiger partial charge on any atom is -0.399 e. The second-order valence-electron chi connectivity index (χ2n) is 5.73. The van der Waals surface area contributed by atoms with Gasteiger partial charge in [-0.15, -0.1) is 0 Å². The van der Waals surface area contributed by atoms with Crippen molar-refractivity contribution in [2.75, 3.05) is 0 Å². The maximum Gasteiger partial charge on any atom is 0.497 e. The van der Waals surface area contributed by atoms with E-state index < -0.39 is 18.3 Å². The van der Waals surface area contributed by atoms with Crippen LogP contribution in [0.3, 0.4) is 0 Å². The third-order valence-electron chi connectivity index (χ3n) is 3.71. The standard InChI is InChI=1S/C13H17BCl2O2/c1-8-6-9(15)11(10(16)7-8)14-17-12(2,3)13(4,5)18-14/h6-7H,1-5H3. The van der Waals surface area contributed by atoms with Crippen LogP contribution in [0.4, 0.5) is 0 Å². The number of aryl methyl sites for hydroxylation is 1. The Bertz CT molecular complexity index is 447. The first kappa shape index (κ1) is 14.2. The number of benzene rings is 1. The van der Waals surface area contributed by atoms with Crippen molar-refractivity contribution in [1.82, 2.24) is 0 Å². The van der Waals surface area contributed by atoms with Gasteiger partial charge in [0, 0.05) is 15.5 Å². The van der Waals surface area contributed by atoms with Crippen LogP contribution in [0.1, 0.15) is 33.3 Å². The zero-order chi connectivity index (χ0) is 13.7. The van der Waals surface area contributed by atoms with E-state index in [9.17, 15) is 0 Å². The van der Waals surface area contributed by atoms with Crippen LogP contribution in [-0.4, -0.2) is 18.3 Å². The lowest BCUT2D eigenvalue weighted by Crippen LogP contribution is -2.41. The molecule has 0 aliphatic carbocycles. The van der Waals surface area contributed by atoms with E-state index in [0.29, 0.717) is 15.5 Å². The Labute approximate surface area is 119 Å². The summed E-state index contributed by atoms with van der Waals surface area (Å²) in [6, 6.07) is 3.74. The van der Waals surface area contributed by atoms with Crippen molar-refractivity contribution in [2.45, 2.75) is 45.8 Å². The molecule has 2 nitrogen and oxygen atoms in total. The fraction of sp³-hybridized carbons (Fsp3) is 0.538. The van der Waals surface area contributed by atoms with Crippen molar-refractivity contribution in [3.8, 4) is 0 Å². The minimum absolute atomic E-state index is 0.394. The van der Waals surface area contributed by atoms with Crippen molar-refractivity contribution in [3.63, 3.8) is 0 Å². The molecule has 18 heavy (non-hydrogen) atoms. The molecule has 0 aromatic heterocycles. The molecule has 2 rings (SSSR count). The topological polar surface area (TPSA) is 18.5 Å². The summed E-state index contributed by atoms with van der Waals surface area (Å²) >= 11 is 12.5. The summed E-state index contributed by atoms with van der Waals surface area (Å²) in [6.45, 7) is 9.96. The summed E-state index contributed by atoms with van der Waals surface area (Å²) in [6.07, 6.45) is 0. The molecular weight excluding hydrogens is 270 g/mol. The van der Waals surface area contributed by atoms with Crippen molar-refractivity contribution >= 4 is 35.8 Å². The van der Waals surface area contributed by atoms with Gasteiger partial charge in [0.05, 0.1) is 11.2 Å². The fourth-order valence-electron chi connectivity index (χ4n) is 1.90. The average Bonchev–Trinajstić information content (AvgIpc) is 2.32. The molecule has 0 N–H and O–H groups in total. The Balaban J connectivity index is 2.42. The van der Waals surface area contributed by atoms with Crippen LogP contribution in [0, 0.1) is 6.92 Å². The molecule has 1 fully saturated rings. The lowest BCUT2D eigenvalue weighted by Gasteiger charge is -2.32. The lowest BCUT2D eigenvalue weighted by atomic mass is 9.78. The highest BCUT2D eigenvalue weighted by Crippen LogP contribution is 2.37. The third kappa shape index (κ3) is 2.29. The van der Waals surface area contributed by atoms with Gasteiger partial charge in [0.2, 0.25) is 0 Å². The van der Waals surface area contributed by atoms with Gasteiger partial charge in [-0.25, -0.2) is 0 Å². The van der Waals surface area contributed by atoms with Crippen LogP contribution in [0.15, 0.2) is 12.1 Å². The summed E-state index contributed by atoms with van der Waals surface area (Å²) in [4.78, 5) is 0. The fourth-order valence-corrected chi connectivity index (χ4v) is 2.67. The second-order valence-corrected chi connectivity index (χ2v) is 6.54. The first-order valence-electron chi connectivity index (χ1n) is 5.95. The number of hydrogen-bond acceptors (Lipinski definition) is 2. The molecule has 1 aliphatic heterocycles. The predicted molar refractivity (Wildman–Crippen MR) is 76.9 cm³/mol. The zero-order valence-electron chi connectivity index (χ0n) is 11.3. The number of rotatable bonds is 1. The van der Waals surface area contributed by atoms with Gasteiger partial charge in [-0.3, -0.25) is 0 Å². The molecule has 1 aliphatic rings. The predicted octanol–water partition coefficient (Wildman–Crippen LogP) is 3.60. The third-order valence-corrected chi connectivity index (χ3v) is 4.34. The van der Waals surface area contributed by atoms with Crippen LogP contribution >= 0.6 is 23.2 Å². The van der Waals surface area contributed by atoms with E-state index in [1.54, 1.807) is 0 Å². The van der Waals surface area contributed by atoms with E-state index in [1.807, 2.05) is 46.8 Å². The first-order valence-corrected chi connectivity index (χ1v) is 6.71. The van der Waals surface area contributed by atoms with Crippen molar-refractivity contribution in [1.29, 1.82) is 0 Å². The molecule has 98 valence electrons. The molecule has 0 unspecified atom stereocenters. The maximum absolute atomic E-state index is 6.26. The van der Waals surface area contributed by atoms with Gasteiger partial charge in [-0.1, -0.05) is 23.2 Å². The Hall–Kier alpha value is -0.215. The lowest BCUT2D eigenvalue weighted by molar-refractivity contribution is 0.00578. The van der Waals surface area contributed by atoms with Crippen LogP contribution in [0.25, 0.3) is 0 Å². The van der Waals surface area contributed by atoms with Gasteiger partial charge >= 0.3 is 7.12 Å². The van der Waals surface area contributed by atoms with Crippen LogP contribution < -0.4 is 5.46 Å². The van der Waals surface area contributed by atoms with Gasteiger partial charge in [0.25, 0.3) is 0 Å². The van der Waals surface area contributed by atoms with Gasteiger partial charge in [-0.2, -0.15) is 0 Å². The van der Waals surface area contributed by atoms with Gasteiger partial charge in [-0.05, 0) is 52.3 Å². The molecule has 1 aromatic carbocycles. The molecule has 0 amide bonds. The van der Waals surface area contributed by atoms with Gasteiger partial charge < -0.3 is 9.31 Å². The van der Waals surface area contributed by atoms with E-state index in [0.717, 1.165) is 5.56 Å². The quantitative estimate of drug-likeness (QED) is 0.735. The largest absolute Gasteiger partial charge is 0.497 e. The molecule has 1 saturated heterocycles. The second kappa shape index (κ2) is 4.41. The molecular formula is C13H17BCl2O2. The van der Waals surface area contributed by atoms with Gasteiger partial charge in [0.1, 0.15) is 0 Å². The Morgan fingerprint density at radius 1 is 0.944 bits per heavy atom. The molecule has 0 bridgehead atoms. The van der Waals surface area contributed by atoms with Crippen LogP contribution in [-0.2, 0) is 9.31 Å². The average molecular weight is 287 g/mol. The molecule has 0 atom stereocenters. The van der Waals surface area contributed by atoms with Crippen LogP contribution in [0.5, 0.6) is 0 Å². The molecule has 0 radical (unpaired) electrons. The Kier molecular flexibility index (Phi) is 3.48. The normalized spacial score (nSPS) is 21.4. The van der Waals surface area contributed by atoms with Gasteiger partial charge in [0.15, 0.2) is 0 Å². The maximum atomic E-state index is 6.26. The van der Waals surface area contributed by atoms with E-state index in [-0.39, 0.29) is 0 Å². The molecule has 0 spiro atoms. The summed E-state index contributed by atoms with van der Waals surface area (Å²) in [7, 11) is -0.518. The summed E-state index contributed by atoms with van der Waals surface area (Å²) < 4.78 is 11.9. The molecule has 1 aromatic rings. The Morgan fingerprint density at radius 3 is 1.72 bits per heavy atom. The number of hydrogen-bond donors (Lipinski definition) is 0. The molecule has 1 heterocycles. The summed E-state index contributed by atoms with van der Waals surface area (Å²) in [5, 5.41) is 1.16. The summed E-state index contributed by atoms with van der Waals surface area (Å²) in [5.41, 5.74) is 0.942. The monoisotopic (exact) mass is 286 g/mol. The van der Waals surface area contributed by atoms with E-state index >= 15 is 0 Å². The zero-order valence-corrected chi connectivity index (χ0v) is 12.8. The van der Waals surface area contributed by atoms with E-state index in [1.165, 1.54) is 0 Å². The molecule has 5 heteroatoms. The highest BCUT2D eigenvalue weighted by Gasteiger charge is 2.52. The minimum atomic E-state index is -0.518. The summed E-state index contributed by atoms with van der Waals surface area (Å²) in [5.74, 6) is 0. The Morgan fingerprint density at radius 2 is 1.33 bits per heavy atom.